The third-order valence-corrected chi connectivity index (χ3v) is 8.48. The molecule has 0 bridgehead atoms. The first kappa shape index (κ1) is 24.6. The van der Waals surface area contributed by atoms with Crippen LogP contribution in [0.4, 0.5) is 21.6 Å². The summed E-state index contributed by atoms with van der Waals surface area (Å²) in [5.74, 6) is 0.157. The van der Waals surface area contributed by atoms with Gasteiger partial charge >= 0.3 is 0 Å². The van der Waals surface area contributed by atoms with Crippen molar-refractivity contribution in [1.82, 2.24) is 9.97 Å². The SMILES string of the molecule is O=C(Nc1cc2c(Nc3ccc(F)c(Cl)c3)ncnc2cc1OCC(O)CO)C1CCS(=O)S1. The average Bonchev–Trinajstić information content (AvgIpc) is 3.26. The van der Waals surface area contributed by atoms with Crippen molar-refractivity contribution in [1.29, 1.82) is 0 Å². The maximum Gasteiger partial charge on any atom is 0.238 e. The Morgan fingerprint density at radius 3 is 2.88 bits per heavy atom. The summed E-state index contributed by atoms with van der Waals surface area (Å²) in [6.45, 7) is -0.701. The van der Waals surface area contributed by atoms with E-state index in [2.05, 4.69) is 20.6 Å². The van der Waals surface area contributed by atoms with E-state index in [9.17, 15) is 18.5 Å². The number of benzene rings is 2. The van der Waals surface area contributed by atoms with Gasteiger partial charge in [-0.05, 0) is 41.5 Å². The summed E-state index contributed by atoms with van der Waals surface area (Å²) in [7, 11) is -0.00593. The van der Waals surface area contributed by atoms with Crippen LogP contribution in [0.15, 0.2) is 36.7 Å². The van der Waals surface area contributed by atoms with E-state index < -0.39 is 33.6 Å². The van der Waals surface area contributed by atoms with Gasteiger partial charge in [-0.3, -0.25) is 4.79 Å². The van der Waals surface area contributed by atoms with Gasteiger partial charge < -0.3 is 25.6 Å². The number of aromatic nitrogens is 2. The summed E-state index contributed by atoms with van der Waals surface area (Å²) < 4.78 is 30.8. The molecule has 0 radical (unpaired) electrons. The van der Waals surface area contributed by atoms with Crippen LogP contribution in [0.5, 0.6) is 5.75 Å². The molecular formula is C21H20ClFN4O5S2. The van der Waals surface area contributed by atoms with Gasteiger partial charge in [0.25, 0.3) is 0 Å². The molecule has 0 aliphatic carbocycles. The van der Waals surface area contributed by atoms with Gasteiger partial charge in [-0.1, -0.05) is 11.6 Å². The summed E-state index contributed by atoms with van der Waals surface area (Å²) in [6.07, 6.45) is 0.695. The van der Waals surface area contributed by atoms with Gasteiger partial charge in [-0.2, -0.15) is 0 Å². The highest BCUT2D eigenvalue weighted by Crippen LogP contribution is 2.35. The number of fused-ring (bicyclic) bond motifs is 1. The number of anilines is 3. The second-order valence-corrected chi connectivity index (χ2v) is 11.2. The van der Waals surface area contributed by atoms with E-state index >= 15 is 0 Å². The molecule has 1 amide bonds. The molecule has 9 nitrogen and oxygen atoms in total. The van der Waals surface area contributed by atoms with Crippen molar-refractivity contribution < 1.29 is 28.3 Å². The minimum atomic E-state index is -1.11. The summed E-state index contributed by atoms with van der Waals surface area (Å²) >= 11 is 5.87. The number of carbonyl (C=O) groups is 1. The van der Waals surface area contributed by atoms with E-state index in [1.165, 1.54) is 24.5 Å². The van der Waals surface area contributed by atoms with Crippen LogP contribution in [0.2, 0.25) is 5.02 Å². The highest BCUT2D eigenvalue weighted by Gasteiger charge is 2.29. The lowest BCUT2D eigenvalue weighted by atomic mass is 10.1. The van der Waals surface area contributed by atoms with E-state index in [0.717, 1.165) is 10.8 Å². The molecule has 2 heterocycles. The Labute approximate surface area is 204 Å². The minimum Gasteiger partial charge on any atom is -0.489 e. The Balaban J connectivity index is 1.69. The molecule has 1 aliphatic heterocycles. The van der Waals surface area contributed by atoms with Crippen LogP contribution in [0.25, 0.3) is 10.9 Å². The van der Waals surface area contributed by atoms with Crippen molar-refractivity contribution in [2.75, 3.05) is 29.6 Å². The van der Waals surface area contributed by atoms with Gasteiger partial charge in [0.2, 0.25) is 5.91 Å². The zero-order chi connectivity index (χ0) is 24.2. The first-order valence-corrected chi connectivity index (χ1v) is 13.2. The molecule has 180 valence electrons. The van der Waals surface area contributed by atoms with Crippen LogP contribution in [-0.2, 0) is 14.6 Å². The molecule has 0 saturated carbocycles. The monoisotopic (exact) mass is 526 g/mol. The first-order chi connectivity index (χ1) is 16.3. The molecule has 1 saturated heterocycles. The Bertz CT molecular complexity index is 1250. The number of hydrogen-bond acceptors (Lipinski definition) is 9. The number of ether oxygens (including phenoxy) is 1. The van der Waals surface area contributed by atoms with E-state index in [-0.39, 0.29) is 29.0 Å². The number of carbonyl (C=O) groups excluding carboxylic acids is 1. The van der Waals surface area contributed by atoms with Crippen LogP contribution in [0.3, 0.4) is 0 Å². The Kier molecular flexibility index (Phi) is 7.84. The summed E-state index contributed by atoms with van der Waals surface area (Å²) in [4.78, 5) is 21.3. The quantitative estimate of drug-likeness (QED) is 0.327. The van der Waals surface area contributed by atoms with E-state index in [0.29, 0.717) is 34.6 Å². The predicted molar refractivity (Wildman–Crippen MR) is 130 cm³/mol. The van der Waals surface area contributed by atoms with E-state index in [1.807, 2.05) is 0 Å². The minimum absolute atomic E-state index is 0.0547. The molecule has 2 aromatic carbocycles. The maximum atomic E-state index is 13.5. The molecule has 1 fully saturated rings. The molecule has 3 aromatic rings. The van der Waals surface area contributed by atoms with Crippen molar-refractivity contribution >= 4 is 66.2 Å². The highest BCUT2D eigenvalue weighted by molar-refractivity contribution is 8.70. The number of rotatable bonds is 8. The smallest absolute Gasteiger partial charge is 0.238 e. The fourth-order valence-corrected chi connectivity index (χ4v) is 6.55. The van der Waals surface area contributed by atoms with Gasteiger partial charge in [-0.15, -0.1) is 0 Å². The molecule has 3 atom stereocenters. The predicted octanol–water partition coefficient (Wildman–Crippen LogP) is 3.01. The summed E-state index contributed by atoms with van der Waals surface area (Å²) in [5, 5.41) is 24.6. The number of amides is 1. The van der Waals surface area contributed by atoms with Crippen LogP contribution in [0.1, 0.15) is 6.42 Å². The van der Waals surface area contributed by atoms with Gasteiger partial charge in [0, 0.05) is 22.9 Å². The maximum absolute atomic E-state index is 13.5. The lowest BCUT2D eigenvalue weighted by Gasteiger charge is -2.17. The van der Waals surface area contributed by atoms with Crippen molar-refractivity contribution in [2.45, 2.75) is 17.8 Å². The van der Waals surface area contributed by atoms with Crippen molar-refractivity contribution in [3.8, 4) is 5.75 Å². The number of aliphatic hydroxyl groups is 2. The number of nitrogens with one attached hydrogen (secondary N) is 2. The topological polar surface area (TPSA) is 134 Å². The largest absolute Gasteiger partial charge is 0.489 e. The second-order valence-electron chi connectivity index (χ2n) is 7.36. The number of nitrogens with zero attached hydrogens (tertiary/aromatic N) is 2. The van der Waals surface area contributed by atoms with Gasteiger partial charge in [0.05, 0.1) is 37.9 Å². The van der Waals surface area contributed by atoms with Gasteiger partial charge in [-0.25, -0.2) is 18.6 Å². The van der Waals surface area contributed by atoms with Crippen molar-refractivity contribution in [3.05, 3.63) is 47.5 Å². The fourth-order valence-electron chi connectivity index (χ4n) is 3.17. The zero-order valence-electron chi connectivity index (χ0n) is 17.5. The summed E-state index contributed by atoms with van der Waals surface area (Å²) in [5.41, 5.74) is 1.25. The van der Waals surface area contributed by atoms with Crippen molar-refractivity contribution in [3.63, 3.8) is 0 Å². The number of aliphatic hydroxyl groups excluding tert-OH is 2. The van der Waals surface area contributed by atoms with E-state index in [1.54, 1.807) is 12.1 Å². The molecule has 4 N–H and O–H groups in total. The average molecular weight is 527 g/mol. The lowest BCUT2D eigenvalue weighted by molar-refractivity contribution is -0.115. The van der Waals surface area contributed by atoms with Crippen LogP contribution < -0.4 is 15.4 Å². The lowest BCUT2D eigenvalue weighted by Crippen LogP contribution is -2.25. The van der Waals surface area contributed by atoms with Gasteiger partial charge in [0.1, 0.15) is 36.4 Å². The molecular weight excluding hydrogens is 507 g/mol. The standard InChI is InChI=1S/C21H20ClFN4O5S2/c22-14-5-11(1-2-15(14)23)26-20-13-6-17(27-21(30)19-3-4-34(31)33-19)18(32-9-12(29)8-28)7-16(13)24-10-25-20/h1-2,5-7,10,12,19,28-29H,3-4,8-9H2,(H,27,30)(H,24,25,26). The third-order valence-electron chi connectivity index (χ3n) is 4.88. The Hall–Kier alpha value is -2.51. The summed E-state index contributed by atoms with van der Waals surface area (Å²) in [6, 6.07) is 7.32. The van der Waals surface area contributed by atoms with Crippen LogP contribution in [0, 0.1) is 5.82 Å². The first-order valence-electron chi connectivity index (χ1n) is 10.1. The molecule has 4 rings (SSSR count). The highest BCUT2D eigenvalue weighted by atomic mass is 35.5. The third kappa shape index (κ3) is 5.76. The molecule has 0 spiro atoms. The normalized spacial score (nSPS) is 18.6. The zero-order valence-corrected chi connectivity index (χ0v) is 19.9. The van der Waals surface area contributed by atoms with Gasteiger partial charge in [0.15, 0.2) is 0 Å². The Morgan fingerprint density at radius 1 is 1.35 bits per heavy atom. The van der Waals surface area contributed by atoms with E-state index in [4.69, 9.17) is 21.4 Å². The molecule has 34 heavy (non-hydrogen) atoms. The number of halogens is 2. The Morgan fingerprint density at radius 2 is 2.18 bits per heavy atom. The van der Waals surface area contributed by atoms with Crippen LogP contribution in [-0.4, -0.2) is 60.6 Å². The number of hydrogen-bond donors (Lipinski definition) is 4. The molecule has 3 unspecified atom stereocenters. The second kappa shape index (κ2) is 10.8. The molecule has 1 aromatic heterocycles. The van der Waals surface area contributed by atoms with Crippen molar-refractivity contribution in [2.24, 2.45) is 0 Å². The molecule has 1 aliphatic rings. The molecule has 13 heteroatoms. The van der Waals surface area contributed by atoms with Crippen LogP contribution >= 0.6 is 22.4 Å². The fraction of sp³-hybridized carbons (Fsp3) is 0.286.